The molecule has 0 atom stereocenters. The zero-order chi connectivity index (χ0) is 16.3. The summed E-state index contributed by atoms with van der Waals surface area (Å²) in [6.07, 6.45) is 1.10. The van der Waals surface area contributed by atoms with E-state index in [2.05, 4.69) is 21.4 Å². The van der Waals surface area contributed by atoms with E-state index in [9.17, 15) is 10.1 Å². The summed E-state index contributed by atoms with van der Waals surface area (Å²) in [6.45, 7) is 2.52. The van der Waals surface area contributed by atoms with Crippen LogP contribution in [-0.2, 0) is 6.54 Å². The van der Waals surface area contributed by atoms with E-state index in [0.29, 0.717) is 6.54 Å². The van der Waals surface area contributed by atoms with Crippen molar-refractivity contribution in [1.82, 2.24) is 9.97 Å². The first-order valence-electron chi connectivity index (χ1n) is 6.66. The van der Waals surface area contributed by atoms with E-state index in [0.717, 1.165) is 17.4 Å². The highest BCUT2D eigenvalue weighted by molar-refractivity contribution is 5.56. The molecular weight excluding hydrogens is 284 g/mol. The van der Waals surface area contributed by atoms with Gasteiger partial charge in [0.1, 0.15) is 6.20 Å². The highest BCUT2D eigenvalue weighted by atomic mass is 16.6. The second kappa shape index (κ2) is 6.25. The number of nitrogen functional groups attached to an aromatic ring is 1. The molecule has 0 saturated carbocycles. The summed E-state index contributed by atoms with van der Waals surface area (Å²) in [4.78, 5) is 19.9. The number of nitrogens with two attached hydrogens (primary N) is 1. The number of anilines is 3. The van der Waals surface area contributed by atoms with Gasteiger partial charge in [-0.05, 0) is 24.1 Å². The summed E-state index contributed by atoms with van der Waals surface area (Å²) in [6, 6.07) is 6.13. The molecule has 116 valence electrons. The fourth-order valence-electron chi connectivity index (χ4n) is 2.03. The highest BCUT2D eigenvalue weighted by Crippen LogP contribution is 2.22. The zero-order valence-electron chi connectivity index (χ0n) is 12.7. The minimum absolute atomic E-state index is 0.153. The number of nitrogens with one attached hydrogen (secondary N) is 1. The minimum Gasteiger partial charge on any atom is -0.378 e. The molecule has 0 amide bonds. The normalized spacial score (nSPS) is 10.3. The number of aromatic nitrogens is 2. The number of hydrogen-bond donors (Lipinski definition) is 2. The molecule has 2 aromatic rings. The van der Waals surface area contributed by atoms with Gasteiger partial charge in [0.25, 0.3) is 0 Å². The summed E-state index contributed by atoms with van der Waals surface area (Å²) in [7, 11) is 3.94. The standard InChI is InChI=1S/C14H18N6O2/c1-9-4-5-10(11(6-9)19(2)3)7-16-14-17-8-12(20(21)22)13(15)18-14/h4-6,8H,7H2,1-3H3,(H3,15,16,17,18). The molecular formula is C14H18N6O2. The summed E-state index contributed by atoms with van der Waals surface area (Å²) < 4.78 is 0. The molecule has 0 fully saturated rings. The average molecular weight is 302 g/mol. The van der Waals surface area contributed by atoms with Gasteiger partial charge in [0.15, 0.2) is 0 Å². The molecule has 1 heterocycles. The van der Waals surface area contributed by atoms with Crippen molar-refractivity contribution in [3.8, 4) is 0 Å². The third-order valence-corrected chi connectivity index (χ3v) is 3.15. The Morgan fingerprint density at radius 1 is 1.41 bits per heavy atom. The molecule has 0 aliphatic rings. The lowest BCUT2D eigenvalue weighted by Crippen LogP contribution is -2.14. The Hall–Kier alpha value is -2.90. The topological polar surface area (TPSA) is 110 Å². The lowest BCUT2D eigenvalue weighted by Gasteiger charge is -2.18. The average Bonchev–Trinajstić information content (AvgIpc) is 2.45. The maximum Gasteiger partial charge on any atom is 0.329 e. The van der Waals surface area contributed by atoms with Crippen LogP contribution in [0.25, 0.3) is 0 Å². The third-order valence-electron chi connectivity index (χ3n) is 3.15. The molecule has 8 nitrogen and oxygen atoms in total. The summed E-state index contributed by atoms with van der Waals surface area (Å²) >= 11 is 0. The Labute approximate surface area is 128 Å². The SMILES string of the molecule is Cc1ccc(CNc2ncc([N+](=O)[O-])c(N)n2)c(N(C)C)c1. The molecule has 0 spiro atoms. The highest BCUT2D eigenvalue weighted by Gasteiger charge is 2.14. The fourth-order valence-corrected chi connectivity index (χ4v) is 2.03. The first-order valence-corrected chi connectivity index (χ1v) is 6.66. The molecule has 8 heteroatoms. The van der Waals surface area contributed by atoms with E-state index < -0.39 is 4.92 Å². The number of rotatable bonds is 5. The summed E-state index contributed by atoms with van der Waals surface area (Å²) in [5.41, 5.74) is 8.57. The molecule has 0 saturated heterocycles. The van der Waals surface area contributed by atoms with Gasteiger partial charge in [0.2, 0.25) is 11.8 Å². The van der Waals surface area contributed by atoms with E-state index >= 15 is 0 Å². The van der Waals surface area contributed by atoms with Crippen LogP contribution in [0.4, 0.5) is 23.1 Å². The van der Waals surface area contributed by atoms with Gasteiger partial charge in [-0.2, -0.15) is 4.98 Å². The van der Waals surface area contributed by atoms with Crippen LogP contribution in [0.15, 0.2) is 24.4 Å². The molecule has 0 unspecified atom stereocenters. The quantitative estimate of drug-likeness (QED) is 0.641. The van der Waals surface area contributed by atoms with E-state index in [4.69, 9.17) is 5.73 Å². The third kappa shape index (κ3) is 3.40. The summed E-state index contributed by atoms with van der Waals surface area (Å²) in [5, 5.41) is 13.7. The van der Waals surface area contributed by atoms with Gasteiger partial charge in [-0.1, -0.05) is 12.1 Å². The molecule has 0 aliphatic heterocycles. The fraction of sp³-hybridized carbons (Fsp3) is 0.286. The van der Waals surface area contributed by atoms with Crippen molar-refractivity contribution in [2.75, 3.05) is 30.0 Å². The van der Waals surface area contributed by atoms with Crippen molar-refractivity contribution < 1.29 is 4.92 Å². The largest absolute Gasteiger partial charge is 0.378 e. The van der Waals surface area contributed by atoms with Crippen molar-refractivity contribution in [3.05, 3.63) is 45.6 Å². The number of nitro groups is 1. The molecule has 0 bridgehead atoms. The molecule has 1 aromatic carbocycles. The number of aryl methyl sites for hydroxylation is 1. The Balaban J connectivity index is 2.17. The van der Waals surface area contributed by atoms with E-state index in [-0.39, 0.29) is 17.5 Å². The number of hydrogen-bond acceptors (Lipinski definition) is 7. The van der Waals surface area contributed by atoms with Gasteiger partial charge >= 0.3 is 5.69 Å². The smallest absolute Gasteiger partial charge is 0.329 e. The van der Waals surface area contributed by atoms with Crippen LogP contribution in [0.3, 0.4) is 0 Å². The van der Waals surface area contributed by atoms with Gasteiger partial charge in [0, 0.05) is 26.3 Å². The molecule has 0 radical (unpaired) electrons. The Bertz CT molecular complexity index is 702. The van der Waals surface area contributed by atoms with E-state index in [1.807, 2.05) is 38.1 Å². The van der Waals surface area contributed by atoms with Gasteiger partial charge in [-0.25, -0.2) is 4.98 Å². The minimum atomic E-state index is -0.608. The van der Waals surface area contributed by atoms with Crippen molar-refractivity contribution in [2.45, 2.75) is 13.5 Å². The van der Waals surface area contributed by atoms with Crippen LogP contribution in [-0.4, -0.2) is 29.0 Å². The Kier molecular flexibility index (Phi) is 4.40. The molecule has 22 heavy (non-hydrogen) atoms. The van der Waals surface area contributed by atoms with Crippen LogP contribution in [0.2, 0.25) is 0 Å². The van der Waals surface area contributed by atoms with Gasteiger partial charge in [-0.3, -0.25) is 10.1 Å². The number of benzene rings is 1. The van der Waals surface area contributed by atoms with Gasteiger partial charge < -0.3 is 16.0 Å². The monoisotopic (exact) mass is 302 g/mol. The first kappa shape index (κ1) is 15.5. The van der Waals surface area contributed by atoms with Crippen molar-refractivity contribution in [1.29, 1.82) is 0 Å². The zero-order valence-corrected chi connectivity index (χ0v) is 12.7. The maximum absolute atomic E-state index is 10.7. The van der Waals surface area contributed by atoms with Gasteiger partial charge in [-0.15, -0.1) is 0 Å². The molecule has 2 rings (SSSR count). The molecule has 1 aromatic heterocycles. The van der Waals surface area contributed by atoms with Crippen molar-refractivity contribution in [3.63, 3.8) is 0 Å². The number of nitrogens with zero attached hydrogens (tertiary/aromatic N) is 4. The lowest BCUT2D eigenvalue weighted by molar-refractivity contribution is -0.384. The van der Waals surface area contributed by atoms with Crippen molar-refractivity contribution in [2.24, 2.45) is 0 Å². The van der Waals surface area contributed by atoms with Crippen LogP contribution in [0.5, 0.6) is 0 Å². The second-order valence-corrected chi connectivity index (χ2v) is 5.10. The van der Waals surface area contributed by atoms with E-state index in [1.165, 1.54) is 5.56 Å². The Morgan fingerprint density at radius 3 is 2.73 bits per heavy atom. The Morgan fingerprint density at radius 2 is 2.14 bits per heavy atom. The van der Waals surface area contributed by atoms with Gasteiger partial charge in [0.05, 0.1) is 4.92 Å². The molecule has 3 N–H and O–H groups in total. The first-order chi connectivity index (χ1) is 10.4. The maximum atomic E-state index is 10.7. The van der Waals surface area contributed by atoms with E-state index in [1.54, 1.807) is 0 Å². The van der Waals surface area contributed by atoms with Crippen LogP contribution >= 0.6 is 0 Å². The molecule has 0 aliphatic carbocycles. The van der Waals surface area contributed by atoms with Crippen LogP contribution in [0, 0.1) is 17.0 Å². The second-order valence-electron chi connectivity index (χ2n) is 5.10. The van der Waals surface area contributed by atoms with Crippen LogP contribution < -0.4 is 16.0 Å². The van der Waals surface area contributed by atoms with Crippen LogP contribution in [0.1, 0.15) is 11.1 Å². The predicted molar refractivity (Wildman–Crippen MR) is 85.9 cm³/mol. The lowest BCUT2D eigenvalue weighted by atomic mass is 10.1. The van der Waals surface area contributed by atoms with Crippen molar-refractivity contribution >= 4 is 23.1 Å². The predicted octanol–water partition coefficient (Wildman–Crippen LogP) is 1.95. The summed E-state index contributed by atoms with van der Waals surface area (Å²) in [5.74, 6) is 0.104.